The van der Waals surface area contributed by atoms with Crippen LogP contribution in [0.2, 0.25) is 0 Å². The van der Waals surface area contributed by atoms with Gasteiger partial charge in [0.05, 0.1) is 17.2 Å². The third kappa shape index (κ3) is 4.67. The number of nitrogens with zero attached hydrogens (tertiary/aromatic N) is 1. The molecule has 1 aliphatic rings. The number of fused-ring (bicyclic) bond motifs is 2. The van der Waals surface area contributed by atoms with Crippen LogP contribution in [0.25, 0.3) is 21.3 Å². The summed E-state index contributed by atoms with van der Waals surface area (Å²) >= 11 is 2.81. The zero-order valence-corrected chi connectivity index (χ0v) is 22.6. The Bertz CT molecular complexity index is 1600. The van der Waals surface area contributed by atoms with E-state index >= 15 is 0 Å². The number of allylic oxidation sites excluding steroid dienone is 1. The second-order valence-electron chi connectivity index (χ2n) is 8.94. The van der Waals surface area contributed by atoms with Crippen molar-refractivity contribution in [1.29, 1.82) is 0 Å². The third-order valence-electron chi connectivity index (χ3n) is 6.56. The van der Waals surface area contributed by atoms with Gasteiger partial charge in [-0.25, -0.2) is 4.79 Å². The molecule has 0 bridgehead atoms. The number of aryl methyl sites for hydroxylation is 2. The summed E-state index contributed by atoms with van der Waals surface area (Å²) in [6, 6.07) is 13.2. The first-order valence-electron chi connectivity index (χ1n) is 12.2. The van der Waals surface area contributed by atoms with Crippen LogP contribution in [0.3, 0.4) is 0 Å². The van der Waals surface area contributed by atoms with E-state index in [9.17, 15) is 14.7 Å². The van der Waals surface area contributed by atoms with Gasteiger partial charge in [0.25, 0.3) is 5.56 Å². The van der Waals surface area contributed by atoms with Gasteiger partial charge in [0.15, 0.2) is 5.69 Å². The van der Waals surface area contributed by atoms with Crippen molar-refractivity contribution in [1.82, 2.24) is 4.40 Å². The lowest BCUT2D eigenvalue weighted by Gasteiger charge is -2.17. The predicted octanol–water partition coefficient (Wildman–Crippen LogP) is 6.46. The highest BCUT2D eigenvalue weighted by Crippen LogP contribution is 2.40. The molecule has 4 aromatic rings. The van der Waals surface area contributed by atoms with E-state index in [1.165, 1.54) is 38.8 Å². The van der Waals surface area contributed by atoms with E-state index in [-0.39, 0.29) is 23.6 Å². The van der Waals surface area contributed by atoms with Gasteiger partial charge in [-0.05, 0) is 78.3 Å². The van der Waals surface area contributed by atoms with Gasteiger partial charge in [-0.1, -0.05) is 42.3 Å². The van der Waals surface area contributed by atoms with Gasteiger partial charge in [0.2, 0.25) is 0 Å². The molecule has 0 atom stereocenters. The molecule has 2 heterocycles. The van der Waals surface area contributed by atoms with E-state index in [0.717, 1.165) is 35.2 Å². The lowest BCUT2D eigenvalue weighted by molar-refractivity contribution is 0.0519. The predicted molar refractivity (Wildman–Crippen MR) is 153 cm³/mol. The van der Waals surface area contributed by atoms with Crippen LogP contribution >= 0.6 is 23.3 Å². The summed E-state index contributed by atoms with van der Waals surface area (Å²) in [5.74, 6) is -0.381. The number of anilines is 1. The fourth-order valence-corrected chi connectivity index (χ4v) is 6.58. The van der Waals surface area contributed by atoms with E-state index in [1.807, 2.05) is 12.3 Å². The third-order valence-corrected chi connectivity index (χ3v) is 8.18. The summed E-state index contributed by atoms with van der Waals surface area (Å²) in [7, 11) is 0. The number of carbonyl (C=O) groups is 1. The summed E-state index contributed by atoms with van der Waals surface area (Å²) in [5.41, 5.74) is 6.74. The molecule has 0 spiro atoms. The maximum atomic E-state index is 13.6. The molecule has 0 unspecified atom stereocenters. The zero-order valence-electron chi connectivity index (χ0n) is 21.0. The molecule has 0 saturated carbocycles. The SMILES string of the molecule is CCOC(=O)c1c(-c2ccc(O)c(C)c2)sc2c(NSC)c(Cc3cccc4c3C=CCC4)cc(=O)n12. The van der Waals surface area contributed by atoms with Crippen LogP contribution < -0.4 is 10.3 Å². The Morgan fingerprint density at radius 1 is 1.22 bits per heavy atom. The Balaban J connectivity index is 1.75. The number of ether oxygens (including phenoxy) is 1. The first kappa shape index (κ1) is 25.2. The molecule has 37 heavy (non-hydrogen) atoms. The van der Waals surface area contributed by atoms with Crippen molar-refractivity contribution in [3.05, 3.63) is 92.4 Å². The molecular formula is C29H28N2O4S2. The summed E-state index contributed by atoms with van der Waals surface area (Å²) < 4.78 is 10.2. The zero-order chi connectivity index (χ0) is 26.1. The fourth-order valence-electron chi connectivity index (χ4n) is 4.81. The highest BCUT2D eigenvalue weighted by Gasteiger charge is 2.26. The monoisotopic (exact) mass is 532 g/mol. The number of phenolic OH excluding ortho intramolecular Hbond substituents is 1. The van der Waals surface area contributed by atoms with E-state index in [0.29, 0.717) is 21.7 Å². The molecule has 5 rings (SSSR count). The number of nitrogens with one attached hydrogen (secondary N) is 1. The molecule has 2 N–H and O–H groups in total. The lowest BCUT2D eigenvalue weighted by atomic mass is 9.90. The Morgan fingerprint density at radius 2 is 2.05 bits per heavy atom. The fraction of sp³-hybridized carbons (Fsp3) is 0.241. The molecular weight excluding hydrogens is 504 g/mol. The average Bonchev–Trinajstić information content (AvgIpc) is 3.30. The molecule has 2 aromatic heterocycles. The number of hydrogen-bond acceptors (Lipinski definition) is 7. The van der Waals surface area contributed by atoms with Crippen LogP contribution in [0.15, 0.2) is 53.3 Å². The molecule has 2 aromatic carbocycles. The molecule has 6 nitrogen and oxygen atoms in total. The highest BCUT2D eigenvalue weighted by molar-refractivity contribution is 7.99. The summed E-state index contributed by atoms with van der Waals surface area (Å²) in [6.07, 6.45) is 8.94. The van der Waals surface area contributed by atoms with Gasteiger partial charge >= 0.3 is 5.97 Å². The quantitative estimate of drug-likeness (QED) is 0.210. The number of pyridine rings is 1. The van der Waals surface area contributed by atoms with Crippen LogP contribution in [0.4, 0.5) is 5.69 Å². The van der Waals surface area contributed by atoms with Crippen LogP contribution in [0.5, 0.6) is 5.75 Å². The van der Waals surface area contributed by atoms with Crippen LogP contribution in [0, 0.1) is 6.92 Å². The smallest absolute Gasteiger partial charge is 0.356 e. The minimum Gasteiger partial charge on any atom is -0.508 e. The molecule has 0 radical (unpaired) electrons. The van der Waals surface area contributed by atoms with Crippen molar-refractivity contribution in [2.24, 2.45) is 0 Å². The Hall–Kier alpha value is -3.49. The van der Waals surface area contributed by atoms with Gasteiger partial charge < -0.3 is 14.6 Å². The molecule has 8 heteroatoms. The summed E-state index contributed by atoms with van der Waals surface area (Å²) in [6.45, 7) is 3.74. The first-order valence-corrected chi connectivity index (χ1v) is 14.2. The van der Waals surface area contributed by atoms with E-state index in [4.69, 9.17) is 4.74 Å². The maximum Gasteiger partial charge on any atom is 0.356 e. The average molecular weight is 533 g/mol. The van der Waals surface area contributed by atoms with Gasteiger partial charge in [0, 0.05) is 18.7 Å². The van der Waals surface area contributed by atoms with Crippen molar-refractivity contribution < 1.29 is 14.6 Å². The maximum absolute atomic E-state index is 13.6. The number of hydrogen-bond donors (Lipinski definition) is 2. The lowest BCUT2D eigenvalue weighted by Crippen LogP contribution is -2.20. The number of thiazole rings is 1. The first-order chi connectivity index (χ1) is 17.9. The van der Waals surface area contributed by atoms with Crippen molar-refractivity contribution >= 4 is 45.8 Å². The number of carbonyl (C=O) groups excluding carboxylic acids is 1. The number of rotatable bonds is 7. The van der Waals surface area contributed by atoms with E-state index < -0.39 is 5.97 Å². The van der Waals surface area contributed by atoms with Crippen LogP contribution in [-0.4, -0.2) is 28.3 Å². The number of esters is 1. The van der Waals surface area contributed by atoms with Crippen molar-refractivity contribution in [2.45, 2.75) is 33.1 Å². The van der Waals surface area contributed by atoms with Gasteiger partial charge in [-0.2, -0.15) is 0 Å². The molecule has 0 amide bonds. The van der Waals surface area contributed by atoms with Crippen molar-refractivity contribution in [2.75, 3.05) is 17.6 Å². The standard InChI is InChI=1S/C29H28N2O4S2/c1-4-35-29(34)26-27(20-12-13-23(32)17(2)14-20)37-28-25(30-36-3)21(16-24(33)31(26)28)15-19-10-7-9-18-8-5-6-11-22(18)19/h6-7,9-14,16,30,32H,4-5,8,15H2,1-3H3. The topological polar surface area (TPSA) is 80.0 Å². The number of aromatic hydroxyl groups is 1. The number of aromatic nitrogens is 1. The molecule has 0 fully saturated rings. The van der Waals surface area contributed by atoms with E-state index in [2.05, 4.69) is 35.1 Å². The largest absolute Gasteiger partial charge is 0.508 e. The molecule has 0 aliphatic heterocycles. The highest BCUT2D eigenvalue weighted by atomic mass is 32.2. The van der Waals surface area contributed by atoms with E-state index in [1.54, 1.807) is 32.0 Å². The minimum absolute atomic E-state index is 0.173. The van der Waals surface area contributed by atoms with Crippen LogP contribution in [-0.2, 0) is 17.6 Å². The number of phenols is 1. The Kier molecular flexibility index (Phi) is 7.13. The van der Waals surface area contributed by atoms with Gasteiger partial charge in [-0.3, -0.25) is 9.20 Å². The summed E-state index contributed by atoms with van der Waals surface area (Å²) in [4.78, 5) is 28.0. The van der Waals surface area contributed by atoms with Gasteiger partial charge in [0.1, 0.15) is 10.6 Å². The summed E-state index contributed by atoms with van der Waals surface area (Å²) in [5, 5.41) is 10.1. The molecule has 190 valence electrons. The Labute approximate surface area is 223 Å². The van der Waals surface area contributed by atoms with Crippen molar-refractivity contribution in [3.8, 4) is 16.2 Å². The molecule has 0 saturated heterocycles. The van der Waals surface area contributed by atoms with Gasteiger partial charge in [-0.15, -0.1) is 11.3 Å². The molecule has 1 aliphatic carbocycles. The normalized spacial score (nSPS) is 12.5. The Morgan fingerprint density at radius 3 is 2.81 bits per heavy atom. The second-order valence-corrected chi connectivity index (χ2v) is 10.6. The minimum atomic E-state index is -0.554. The number of benzene rings is 2. The van der Waals surface area contributed by atoms with Crippen LogP contribution in [0.1, 0.15) is 51.7 Å². The second kappa shape index (κ2) is 10.5. The van der Waals surface area contributed by atoms with Crippen molar-refractivity contribution in [3.63, 3.8) is 0 Å².